The average Bonchev–Trinajstić information content (AvgIpc) is 2.74. The van der Waals surface area contributed by atoms with Gasteiger partial charge in [0.1, 0.15) is 0 Å². The second-order valence-electron chi connectivity index (χ2n) is 7.19. The minimum absolute atomic E-state index is 0.0429. The molecule has 1 atom stereocenters. The topological polar surface area (TPSA) is 90.9 Å². The molecule has 2 aromatic carbocycles. The van der Waals surface area contributed by atoms with Crippen LogP contribution in [-0.2, 0) is 20.7 Å². The van der Waals surface area contributed by atoms with E-state index in [4.69, 9.17) is 14.2 Å². The molecule has 2 rings (SSSR count). The molecule has 0 aliphatic carbocycles. The van der Waals surface area contributed by atoms with E-state index in [0.29, 0.717) is 32.8 Å². The largest absolute Gasteiger partial charge is 0.493 e. The molecular weight excluding hydrogens is 466 g/mol. The van der Waals surface area contributed by atoms with Crippen LogP contribution in [-0.4, -0.2) is 38.0 Å². The number of halogens is 1. The Labute approximate surface area is 190 Å². The fourth-order valence-electron chi connectivity index (χ4n) is 2.72. The van der Waals surface area contributed by atoms with Gasteiger partial charge in [0, 0.05) is 21.6 Å². The maximum absolute atomic E-state index is 12.6. The van der Waals surface area contributed by atoms with Crippen LogP contribution in [0.4, 0.5) is 5.69 Å². The van der Waals surface area contributed by atoms with Crippen LogP contribution in [0.1, 0.15) is 36.7 Å². The molecule has 1 amide bonds. The third-order valence-corrected chi connectivity index (χ3v) is 5.26. The molecule has 166 valence electrons. The predicted molar refractivity (Wildman–Crippen MR) is 121 cm³/mol. The van der Waals surface area contributed by atoms with Gasteiger partial charge < -0.3 is 19.5 Å². The Balaban J connectivity index is 2.01. The molecule has 0 unspecified atom stereocenters. The van der Waals surface area contributed by atoms with E-state index in [2.05, 4.69) is 21.2 Å². The first-order valence-electron chi connectivity index (χ1n) is 9.71. The zero-order valence-corrected chi connectivity index (χ0v) is 19.7. The van der Waals surface area contributed by atoms with Crippen LogP contribution in [0.25, 0.3) is 0 Å². The van der Waals surface area contributed by atoms with Gasteiger partial charge in [-0.3, -0.25) is 14.4 Å². The van der Waals surface area contributed by atoms with E-state index in [1.807, 2.05) is 0 Å². The van der Waals surface area contributed by atoms with E-state index in [1.165, 1.54) is 21.1 Å². The number of amides is 1. The molecule has 0 saturated carbocycles. The number of hydrogen-bond donors (Lipinski definition) is 1. The van der Waals surface area contributed by atoms with Crippen molar-refractivity contribution in [2.75, 3.05) is 19.5 Å². The lowest BCUT2D eigenvalue weighted by Crippen LogP contribution is -2.25. The number of anilines is 1. The monoisotopic (exact) mass is 491 g/mol. The van der Waals surface area contributed by atoms with Gasteiger partial charge in [-0.2, -0.15) is 0 Å². The molecule has 0 heterocycles. The predicted octanol–water partition coefficient (Wildman–Crippen LogP) is 4.42. The molecule has 2 aromatic rings. The van der Waals surface area contributed by atoms with Crippen LogP contribution in [0.3, 0.4) is 0 Å². The number of carbonyl (C=O) groups is 3. The maximum atomic E-state index is 12.6. The summed E-state index contributed by atoms with van der Waals surface area (Å²) in [5.41, 5.74) is 1.63. The maximum Gasteiger partial charge on any atom is 0.311 e. The summed E-state index contributed by atoms with van der Waals surface area (Å²) in [4.78, 5) is 36.8. The molecule has 1 N–H and O–H groups in total. The third-order valence-electron chi connectivity index (χ3n) is 4.53. The summed E-state index contributed by atoms with van der Waals surface area (Å²) in [6, 6.07) is 9.85. The van der Waals surface area contributed by atoms with Gasteiger partial charge in [-0.15, -0.1) is 0 Å². The summed E-state index contributed by atoms with van der Waals surface area (Å²) in [5.74, 6) is -0.115. The van der Waals surface area contributed by atoms with Crippen molar-refractivity contribution in [1.29, 1.82) is 0 Å². The summed E-state index contributed by atoms with van der Waals surface area (Å²) < 4.78 is 16.5. The Morgan fingerprint density at radius 1 is 0.968 bits per heavy atom. The van der Waals surface area contributed by atoms with Gasteiger partial charge in [0.25, 0.3) is 0 Å². The highest BCUT2D eigenvalue weighted by molar-refractivity contribution is 9.10. The van der Waals surface area contributed by atoms with E-state index in [1.54, 1.807) is 50.2 Å². The van der Waals surface area contributed by atoms with Crippen LogP contribution in [0.5, 0.6) is 11.5 Å². The van der Waals surface area contributed by atoms with Crippen molar-refractivity contribution < 1.29 is 28.6 Å². The lowest BCUT2D eigenvalue weighted by molar-refractivity contribution is -0.145. The van der Waals surface area contributed by atoms with Gasteiger partial charge >= 0.3 is 5.97 Å². The Kier molecular flexibility index (Phi) is 8.62. The quantitative estimate of drug-likeness (QED) is 0.412. The number of Topliss-reactive ketones (excluding diaryl/α,β-unsaturated/α-hetero) is 1. The molecule has 8 heteroatoms. The van der Waals surface area contributed by atoms with Crippen molar-refractivity contribution in [3.8, 4) is 11.5 Å². The summed E-state index contributed by atoms with van der Waals surface area (Å²) in [7, 11) is 3.03. The van der Waals surface area contributed by atoms with Crippen LogP contribution in [0, 0.1) is 5.92 Å². The van der Waals surface area contributed by atoms with E-state index in [9.17, 15) is 14.4 Å². The highest BCUT2D eigenvalue weighted by Gasteiger charge is 2.21. The number of methoxy groups -OCH3 is 2. The van der Waals surface area contributed by atoms with Gasteiger partial charge in [-0.1, -0.05) is 29.8 Å². The summed E-state index contributed by atoms with van der Waals surface area (Å²) in [5, 5.41) is 2.76. The van der Waals surface area contributed by atoms with E-state index in [-0.39, 0.29) is 24.0 Å². The smallest absolute Gasteiger partial charge is 0.311 e. The fourth-order valence-corrected chi connectivity index (χ4v) is 3.18. The minimum Gasteiger partial charge on any atom is -0.493 e. The van der Waals surface area contributed by atoms with Crippen LogP contribution in [0.15, 0.2) is 40.9 Å². The molecule has 0 aliphatic heterocycles. The van der Waals surface area contributed by atoms with Gasteiger partial charge in [0.15, 0.2) is 17.6 Å². The number of hydrogen-bond acceptors (Lipinski definition) is 6. The fraction of sp³-hybridized carbons (Fsp3) is 0.348. The zero-order chi connectivity index (χ0) is 23.1. The standard InChI is InChI=1S/C23H26BrNO6/c1-13(2)23(28)25-17-8-6-15(7-9-17)22(27)14(3)31-21(26)11-16-10-19(29-4)20(30-5)12-18(16)24/h6-10,12-14H,11H2,1-5H3,(H,25,28)/t14-/m0/s1. The second kappa shape index (κ2) is 10.9. The van der Waals surface area contributed by atoms with Crippen molar-refractivity contribution in [3.05, 3.63) is 52.0 Å². The van der Waals surface area contributed by atoms with Gasteiger partial charge in [0.05, 0.1) is 20.6 Å². The molecule has 7 nitrogen and oxygen atoms in total. The van der Waals surface area contributed by atoms with Crippen molar-refractivity contribution in [3.63, 3.8) is 0 Å². The van der Waals surface area contributed by atoms with Gasteiger partial charge in [-0.05, 0) is 48.9 Å². The van der Waals surface area contributed by atoms with Crippen molar-refractivity contribution >= 4 is 39.3 Å². The van der Waals surface area contributed by atoms with Crippen LogP contribution >= 0.6 is 15.9 Å². The van der Waals surface area contributed by atoms with Crippen LogP contribution < -0.4 is 14.8 Å². The van der Waals surface area contributed by atoms with E-state index < -0.39 is 12.1 Å². The molecule has 0 aromatic heterocycles. The van der Waals surface area contributed by atoms with Crippen molar-refractivity contribution in [1.82, 2.24) is 0 Å². The van der Waals surface area contributed by atoms with E-state index >= 15 is 0 Å². The number of rotatable bonds is 9. The molecule has 0 bridgehead atoms. The molecule has 0 radical (unpaired) electrons. The Bertz CT molecular complexity index is 955. The Hall–Kier alpha value is -2.87. The third kappa shape index (κ3) is 6.55. The van der Waals surface area contributed by atoms with Gasteiger partial charge in [0.2, 0.25) is 11.7 Å². The lowest BCUT2D eigenvalue weighted by Gasteiger charge is -2.15. The highest BCUT2D eigenvalue weighted by atomic mass is 79.9. The van der Waals surface area contributed by atoms with E-state index in [0.717, 1.165) is 0 Å². The molecule has 0 saturated heterocycles. The molecule has 31 heavy (non-hydrogen) atoms. The molecule has 0 spiro atoms. The molecule has 0 fully saturated rings. The SMILES string of the molecule is COc1cc(Br)c(CC(=O)O[C@@H](C)C(=O)c2ccc(NC(=O)C(C)C)cc2)cc1OC. The Morgan fingerprint density at radius 2 is 1.55 bits per heavy atom. The number of ketones is 1. The van der Waals surface area contributed by atoms with Gasteiger partial charge in [-0.25, -0.2) is 0 Å². The number of benzene rings is 2. The number of ether oxygens (including phenoxy) is 3. The lowest BCUT2D eigenvalue weighted by atomic mass is 10.1. The highest BCUT2D eigenvalue weighted by Crippen LogP contribution is 2.33. The first-order chi connectivity index (χ1) is 14.7. The first-order valence-corrected chi connectivity index (χ1v) is 10.5. The summed E-state index contributed by atoms with van der Waals surface area (Å²) in [6.07, 6.45) is -0.999. The minimum atomic E-state index is -0.956. The normalized spacial score (nSPS) is 11.6. The second-order valence-corrected chi connectivity index (χ2v) is 8.05. The van der Waals surface area contributed by atoms with Crippen molar-refractivity contribution in [2.24, 2.45) is 5.92 Å². The Morgan fingerprint density at radius 3 is 2.10 bits per heavy atom. The zero-order valence-electron chi connectivity index (χ0n) is 18.2. The first kappa shape index (κ1) is 24.4. The molecule has 0 aliphatic rings. The number of carbonyl (C=O) groups excluding carboxylic acids is 3. The summed E-state index contributed by atoms with van der Waals surface area (Å²) in [6.45, 7) is 5.12. The number of nitrogens with one attached hydrogen (secondary N) is 1. The molecular formula is C23H26BrNO6. The van der Waals surface area contributed by atoms with Crippen molar-refractivity contribution in [2.45, 2.75) is 33.3 Å². The summed E-state index contributed by atoms with van der Waals surface area (Å²) >= 11 is 3.40. The number of esters is 1. The average molecular weight is 492 g/mol. The van der Waals surface area contributed by atoms with Crippen LogP contribution in [0.2, 0.25) is 0 Å².